The van der Waals surface area contributed by atoms with Gasteiger partial charge in [0.1, 0.15) is 5.75 Å². The van der Waals surface area contributed by atoms with E-state index in [0.717, 1.165) is 36.5 Å². The van der Waals surface area contributed by atoms with Crippen molar-refractivity contribution >= 4 is 11.8 Å². The van der Waals surface area contributed by atoms with Crippen LogP contribution in [0.1, 0.15) is 31.2 Å². The normalized spacial score (nSPS) is 23.1. The fourth-order valence-corrected chi connectivity index (χ4v) is 3.54. The molecule has 0 amide bonds. The molecule has 0 bridgehead atoms. The summed E-state index contributed by atoms with van der Waals surface area (Å²) >= 11 is 1.70. The molecule has 1 aromatic carbocycles. The summed E-state index contributed by atoms with van der Waals surface area (Å²) < 4.78 is 5.44. The standard InChI is InChI=1S/C16H25NO2S/c1-17(13-6-4-5-7-14(13)18)11-12-8-9-16(20-3)15(10-12)19-2/h8-10,13-14,18H,4-7,11H2,1-3H3. The van der Waals surface area contributed by atoms with Crippen LogP contribution in [0.5, 0.6) is 5.75 Å². The first kappa shape index (κ1) is 15.7. The molecule has 4 heteroatoms. The van der Waals surface area contributed by atoms with Crippen molar-refractivity contribution in [3.8, 4) is 5.75 Å². The first-order chi connectivity index (χ1) is 9.65. The molecule has 2 rings (SSSR count). The number of ether oxygens (including phenoxy) is 1. The monoisotopic (exact) mass is 295 g/mol. The maximum absolute atomic E-state index is 10.1. The van der Waals surface area contributed by atoms with Crippen molar-refractivity contribution in [2.45, 2.75) is 49.3 Å². The number of hydrogen-bond acceptors (Lipinski definition) is 4. The average Bonchev–Trinajstić information content (AvgIpc) is 2.47. The number of aliphatic hydroxyl groups is 1. The molecule has 0 radical (unpaired) electrons. The number of methoxy groups -OCH3 is 1. The van der Waals surface area contributed by atoms with Crippen LogP contribution in [0, 0.1) is 0 Å². The molecule has 3 nitrogen and oxygen atoms in total. The quantitative estimate of drug-likeness (QED) is 0.846. The summed E-state index contributed by atoms with van der Waals surface area (Å²) in [6.45, 7) is 0.854. The summed E-state index contributed by atoms with van der Waals surface area (Å²) in [4.78, 5) is 3.44. The molecule has 0 spiro atoms. The summed E-state index contributed by atoms with van der Waals surface area (Å²) in [6, 6.07) is 6.66. The Morgan fingerprint density at radius 2 is 2.10 bits per heavy atom. The van der Waals surface area contributed by atoms with E-state index in [-0.39, 0.29) is 12.1 Å². The minimum Gasteiger partial charge on any atom is -0.496 e. The highest BCUT2D eigenvalue weighted by molar-refractivity contribution is 7.98. The van der Waals surface area contributed by atoms with Crippen LogP contribution in [-0.4, -0.2) is 42.6 Å². The second-order valence-corrected chi connectivity index (χ2v) is 6.37. The first-order valence-electron chi connectivity index (χ1n) is 7.25. The van der Waals surface area contributed by atoms with Crippen molar-refractivity contribution in [1.82, 2.24) is 4.90 Å². The van der Waals surface area contributed by atoms with Gasteiger partial charge in [0.05, 0.1) is 13.2 Å². The third-order valence-electron chi connectivity index (χ3n) is 4.14. The fourth-order valence-electron chi connectivity index (χ4n) is 2.99. The highest BCUT2D eigenvalue weighted by Crippen LogP contribution is 2.29. The Kier molecular flexibility index (Phi) is 5.75. The molecule has 0 heterocycles. The molecular formula is C16H25NO2S. The lowest BCUT2D eigenvalue weighted by Gasteiger charge is -2.35. The smallest absolute Gasteiger partial charge is 0.132 e. The zero-order chi connectivity index (χ0) is 14.5. The van der Waals surface area contributed by atoms with Gasteiger partial charge in [-0.15, -0.1) is 11.8 Å². The number of benzene rings is 1. The third kappa shape index (κ3) is 3.68. The SMILES string of the molecule is COc1cc(CN(C)C2CCCCC2O)ccc1SC. The molecule has 2 unspecified atom stereocenters. The van der Waals surface area contributed by atoms with Gasteiger partial charge in [-0.2, -0.15) is 0 Å². The zero-order valence-electron chi connectivity index (χ0n) is 12.6. The van der Waals surface area contributed by atoms with Crippen LogP contribution < -0.4 is 4.74 Å². The van der Waals surface area contributed by atoms with E-state index in [2.05, 4.69) is 36.4 Å². The van der Waals surface area contributed by atoms with Crippen LogP contribution >= 0.6 is 11.8 Å². The Hall–Kier alpha value is -0.710. The number of thioether (sulfide) groups is 1. The van der Waals surface area contributed by atoms with Gasteiger partial charge in [0.2, 0.25) is 0 Å². The molecule has 1 aromatic rings. The van der Waals surface area contributed by atoms with Gasteiger partial charge in [-0.1, -0.05) is 18.9 Å². The first-order valence-corrected chi connectivity index (χ1v) is 8.47. The van der Waals surface area contributed by atoms with Crippen LogP contribution in [0.4, 0.5) is 0 Å². The van der Waals surface area contributed by atoms with Gasteiger partial charge in [-0.05, 0) is 43.8 Å². The van der Waals surface area contributed by atoms with Crippen molar-refractivity contribution < 1.29 is 9.84 Å². The van der Waals surface area contributed by atoms with E-state index in [0.29, 0.717) is 0 Å². The van der Waals surface area contributed by atoms with Gasteiger partial charge in [0.25, 0.3) is 0 Å². The second kappa shape index (κ2) is 7.34. The zero-order valence-corrected chi connectivity index (χ0v) is 13.4. The average molecular weight is 295 g/mol. The maximum atomic E-state index is 10.1. The number of nitrogens with zero attached hydrogens (tertiary/aromatic N) is 1. The molecule has 20 heavy (non-hydrogen) atoms. The van der Waals surface area contributed by atoms with Crippen LogP contribution in [0.3, 0.4) is 0 Å². The van der Waals surface area contributed by atoms with Crippen LogP contribution in [0.2, 0.25) is 0 Å². The number of rotatable bonds is 5. The molecule has 1 N–H and O–H groups in total. The van der Waals surface area contributed by atoms with Crippen LogP contribution in [0.25, 0.3) is 0 Å². The van der Waals surface area contributed by atoms with Gasteiger partial charge in [-0.3, -0.25) is 4.90 Å². The van der Waals surface area contributed by atoms with Gasteiger partial charge >= 0.3 is 0 Å². The topological polar surface area (TPSA) is 32.7 Å². The van der Waals surface area contributed by atoms with E-state index >= 15 is 0 Å². The molecule has 0 aromatic heterocycles. The van der Waals surface area contributed by atoms with Crippen molar-refractivity contribution in [2.24, 2.45) is 0 Å². The molecule has 2 atom stereocenters. The van der Waals surface area contributed by atoms with Gasteiger partial charge in [0.15, 0.2) is 0 Å². The molecule has 1 fully saturated rings. The van der Waals surface area contributed by atoms with E-state index in [9.17, 15) is 5.11 Å². The number of hydrogen-bond donors (Lipinski definition) is 1. The second-order valence-electron chi connectivity index (χ2n) is 5.52. The summed E-state index contributed by atoms with van der Waals surface area (Å²) in [7, 11) is 3.82. The Morgan fingerprint density at radius 1 is 1.35 bits per heavy atom. The van der Waals surface area contributed by atoms with Crippen molar-refractivity contribution in [1.29, 1.82) is 0 Å². The van der Waals surface area contributed by atoms with Crippen LogP contribution in [-0.2, 0) is 6.54 Å². The molecular weight excluding hydrogens is 270 g/mol. The predicted molar refractivity (Wildman–Crippen MR) is 84.5 cm³/mol. The summed E-state index contributed by atoms with van der Waals surface area (Å²) in [6.07, 6.45) is 6.28. The predicted octanol–water partition coefficient (Wildman–Crippen LogP) is 3.15. The summed E-state index contributed by atoms with van der Waals surface area (Å²) in [5.74, 6) is 0.938. The number of aliphatic hydroxyl groups excluding tert-OH is 1. The lowest BCUT2D eigenvalue weighted by molar-refractivity contribution is 0.0288. The molecule has 1 aliphatic rings. The highest BCUT2D eigenvalue weighted by atomic mass is 32.2. The molecule has 112 valence electrons. The van der Waals surface area contributed by atoms with E-state index in [1.165, 1.54) is 12.0 Å². The molecule has 0 saturated heterocycles. The minimum absolute atomic E-state index is 0.180. The fraction of sp³-hybridized carbons (Fsp3) is 0.625. The van der Waals surface area contributed by atoms with Gasteiger partial charge in [0, 0.05) is 17.5 Å². The summed E-state index contributed by atoms with van der Waals surface area (Å²) in [5, 5.41) is 10.1. The Morgan fingerprint density at radius 3 is 2.75 bits per heavy atom. The van der Waals surface area contributed by atoms with E-state index in [1.54, 1.807) is 18.9 Å². The van der Waals surface area contributed by atoms with Crippen molar-refractivity contribution in [2.75, 3.05) is 20.4 Å². The lowest BCUT2D eigenvalue weighted by atomic mass is 9.91. The van der Waals surface area contributed by atoms with Gasteiger partial charge in [-0.25, -0.2) is 0 Å². The van der Waals surface area contributed by atoms with E-state index in [4.69, 9.17) is 4.74 Å². The molecule has 0 aliphatic heterocycles. The lowest BCUT2D eigenvalue weighted by Crippen LogP contribution is -2.42. The van der Waals surface area contributed by atoms with E-state index in [1.807, 2.05) is 0 Å². The number of likely N-dealkylation sites (N-methyl/N-ethyl adjacent to an activating group) is 1. The third-order valence-corrected chi connectivity index (χ3v) is 4.92. The molecule has 1 saturated carbocycles. The molecule has 1 aliphatic carbocycles. The Labute approximate surface area is 126 Å². The highest BCUT2D eigenvalue weighted by Gasteiger charge is 2.26. The van der Waals surface area contributed by atoms with Crippen LogP contribution in [0.15, 0.2) is 23.1 Å². The Bertz CT molecular complexity index is 438. The van der Waals surface area contributed by atoms with Crippen molar-refractivity contribution in [3.05, 3.63) is 23.8 Å². The summed E-state index contributed by atoms with van der Waals surface area (Å²) in [5.41, 5.74) is 1.24. The maximum Gasteiger partial charge on any atom is 0.132 e. The Balaban J connectivity index is 2.05. The van der Waals surface area contributed by atoms with E-state index < -0.39 is 0 Å². The largest absolute Gasteiger partial charge is 0.496 e. The van der Waals surface area contributed by atoms with Gasteiger partial charge < -0.3 is 9.84 Å². The minimum atomic E-state index is -0.180. The van der Waals surface area contributed by atoms with Crippen molar-refractivity contribution in [3.63, 3.8) is 0 Å².